The van der Waals surface area contributed by atoms with E-state index in [-0.39, 0.29) is 17.2 Å². The summed E-state index contributed by atoms with van der Waals surface area (Å²) in [4.78, 5) is 11.7. The van der Waals surface area contributed by atoms with Crippen LogP contribution in [0, 0.1) is 0 Å². The first-order chi connectivity index (χ1) is 8.50. The van der Waals surface area contributed by atoms with Crippen LogP contribution >= 0.6 is 11.6 Å². The fourth-order valence-corrected chi connectivity index (χ4v) is 3.89. The lowest BCUT2D eigenvalue weighted by molar-refractivity contribution is -0.120. The number of halogens is 1. The molecule has 0 bridgehead atoms. The van der Waals surface area contributed by atoms with E-state index < -0.39 is 15.1 Å². The van der Waals surface area contributed by atoms with Gasteiger partial charge in [-0.25, -0.2) is 8.42 Å². The van der Waals surface area contributed by atoms with Gasteiger partial charge in [-0.05, 0) is 37.1 Å². The molecule has 6 heteroatoms. The molecule has 18 heavy (non-hydrogen) atoms. The van der Waals surface area contributed by atoms with Crippen LogP contribution in [-0.4, -0.2) is 26.1 Å². The van der Waals surface area contributed by atoms with E-state index in [9.17, 15) is 13.2 Å². The van der Waals surface area contributed by atoms with Crippen LogP contribution in [0.4, 0.5) is 0 Å². The second-order valence-electron chi connectivity index (χ2n) is 4.32. The summed E-state index contributed by atoms with van der Waals surface area (Å²) in [6, 6.07) is 6.07. The summed E-state index contributed by atoms with van der Waals surface area (Å²) in [5.74, 6) is -0.199. The second kappa shape index (κ2) is 5.28. The Morgan fingerprint density at radius 3 is 2.56 bits per heavy atom. The van der Waals surface area contributed by atoms with Crippen LogP contribution < -0.4 is 5.32 Å². The highest BCUT2D eigenvalue weighted by Gasteiger charge is 2.30. The van der Waals surface area contributed by atoms with E-state index >= 15 is 0 Å². The molecule has 1 unspecified atom stereocenters. The molecule has 0 aliphatic carbocycles. The van der Waals surface area contributed by atoms with Crippen LogP contribution in [0.1, 0.15) is 19.3 Å². The predicted octanol–water partition coefficient (Wildman–Crippen LogP) is 1.78. The predicted molar refractivity (Wildman–Crippen MR) is 69.3 cm³/mol. The van der Waals surface area contributed by atoms with Gasteiger partial charge in [-0.3, -0.25) is 4.79 Å². The van der Waals surface area contributed by atoms with Crippen LogP contribution in [-0.2, 0) is 14.6 Å². The average molecular weight is 288 g/mol. The third-order valence-corrected chi connectivity index (χ3v) is 5.48. The third kappa shape index (κ3) is 2.84. The molecule has 4 nitrogen and oxygen atoms in total. The van der Waals surface area contributed by atoms with Crippen LogP contribution in [0.2, 0.25) is 5.02 Å². The summed E-state index contributed by atoms with van der Waals surface area (Å²) in [5, 5.41) is 2.54. The Bertz CT molecular complexity index is 539. The van der Waals surface area contributed by atoms with Gasteiger partial charge >= 0.3 is 0 Å². The van der Waals surface area contributed by atoms with Crippen molar-refractivity contribution in [1.29, 1.82) is 0 Å². The molecule has 1 aromatic carbocycles. The van der Waals surface area contributed by atoms with Gasteiger partial charge in [0.25, 0.3) is 0 Å². The Kier molecular flexibility index (Phi) is 3.92. The number of rotatable bonds is 2. The van der Waals surface area contributed by atoms with Gasteiger partial charge in [0.15, 0.2) is 9.84 Å². The molecule has 1 N–H and O–H groups in total. The Balaban J connectivity index is 2.29. The monoisotopic (exact) mass is 287 g/mol. The fourth-order valence-electron chi connectivity index (χ4n) is 2.02. The third-order valence-electron chi connectivity index (χ3n) is 3.02. The first-order valence-corrected chi connectivity index (χ1v) is 7.69. The quantitative estimate of drug-likeness (QED) is 0.902. The Morgan fingerprint density at radius 2 is 1.89 bits per heavy atom. The summed E-state index contributed by atoms with van der Waals surface area (Å²) < 4.78 is 24.7. The van der Waals surface area contributed by atoms with Crippen molar-refractivity contribution in [2.24, 2.45) is 0 Å². The highest BCUT2D eigenvalue weighted by molar-refractivity contribution is 7.92. The van der Waals surface area contributed by atoms with Crippen LogP contribution in [0.3, 0.4) is 0 Å². The zero-order valence-electron chi connectivity index (χ0n) is 9.73. The second-order valence-corrected chi connectivity index (χ2v) is 6.98. The summed E-state index contributed by atoms with van der Waals surface area (Å²) in [7, 11) is -3.45. The van der Waals surface area contributed by atoms with Gasteiger partial charge in [-0.1, -0.05) is 11.6 Å². The lowest BCUT2D eigenvalue weighted by atomic mass is 10.2. The van der Waals surface area contributed by atoms with Gasteiger partial charge in [0.1, 0.15) is 0 Å². The summed E-state index contributed by atoms with van der Waals surface area (Å²) in [6.45, 7) is 0.547. The number of sulfone groups is 1. The lowest BCUT2D eigenvalue weighted by Gasteiger charge is -2.14. The molecule has 1 fully saturated rings. The van der Waals surface area contributed by atoms with Crippen molar-refractivity contribution in [2.45, 2.75) is 29.4 Å². The molecule has 1 aliphatic heterocycles. The molecule has 0 radical (unpaired) electrons. The lowest BCUT2D eigenvalue weighted by Crippen LogP contribution is -2.27. The molecular formula is C12H14ClNO3S. The molecule has 98 valence electrons. The van der Waals surface area contributed by atoms with Crippen LogP contribution in [0.5, 0.6) is 0 Å². The van der Waals surface area contributed by atoms with E-state index in [0.717, 1.165) is 0 Å². The Hall–Kier alpha value is -1.07. The smallest absolute Gasteiger partial charge is 0.221 e. The molecular weight excluding hydrogens is 274 g/mol. The normalized spacial score (nSPS) is 21.2. The average Bonchev–Trinajstić information content (AvgIpc) is 2.55. The molecule has 0 saturated carbocycles. The van der Waals surface area contributed by atoms with Crippen molar-refractivity contribution in [3.63, 3.8) is 0 Å². The van der Waals surface area contributed by atoms with Gasteiger partial charge in [-0.15, -0.1) is 0 Å². The molecule has 0 aromatic heterocycles. The number of nitrogens with one attached hydrogen (secondary N) is 1. The van der Waals surface area contributed by atoms with Crippen molar-refractivity contribution in [1.82, 2.24) is 5.32 Å². The largest absolute Gasteiger partial charge is 0.356 e. The first kappa shape index (κ1) is 13.4. The number of amides is 1. The first-order valence-electron chi connectivity index (χ1n) is 5.76. The molecule has 1 atom stereocenters. The number of carbonyl (C=O) groups excluding carboxylic acids is 1. The minimum atomic E-state index is -3.45. The Labute approximate surface area is 111 Å². The molecule has 2 rings (SSSR count). The van der Waals surface area contributed by atoms with Gasteiger partial charge in [0, 0.05) is 18.0 Å². The number of hydrogen-bond acceptors (Lipinski definition) is 3. The zero-order valence-corrected chi connectivity index (χ0v) is 11.3. The Morgan fingerprint density at radius 1 is 1.22 bits per heavy atom. The van der Waals surface area contributed by atoms with Crippen molar-refractivity contribution in [3.8, 4) is 0 Å². The molecule has 0 spiro atoms. The van der Waals surface area contributed by atoms with Crippen LogP contribution in [0.15, 0.2) is 29.2 Å². The number of carbonyl (C=O) groups is 1. The minimum Gasteiger partial charge on any atom is -0.356 e. The zero-order chi connectivity index (χ0) is 13.2. The van der Waals surface area contributed by atoms with E-state index in [4.69, 9.17) is 11.6 Å². The molecule has 1 saturated heterocycles. The summed E-state index contributed by atoms with van der Waals surface area (Å²) >= 11 is 5.74. The molecule has 1 heterocycles. The standard InChI is InChI=1S/C12H14ClNO3S/c13-9-3-5-10(6-4-9)18(16,17)11-2-1-7-14-12(15)8-11/h3-6,11H,1-2,7-8H2,(H,14,15). The maximum absolute atomic E-state index is 12.4. The highest BCUT2D eigenvalue weighted by Crippen LogP contribution is 2.24. The molecule has 1 aromatic rings. The van der Waals surface area contributed by atoms with Crippen molar-refractivity contribution >= 4 is 27.3 Å². The number of hydrogen-bond donors (Lipinski definition) is 1. The topological polar surface area (TPSA) is 63.2 Å². The van der Waals surface area contributed by atoms with Gasteiger partial charge in [0.2, 0.25) is 5.91 Å². The van der Waals surface area contributed by atoms with Gasteiger partial charge in [0.05, 0.1) is 10.1 Å². The SMILES string of the molecule is O=C1CC(S(=O)(=O)c2ccc(Cl)cc2)CCCN1. The van der Waals surface area contributed by atoms with E-state index in [1.54, 1.807) is 12.1 Å². The van der Waals surface area contributed by atoms with E-state index in [1.807, 2.05) is 0 Å². The maximum Gasteiger partial charge on any atom is 0.221 e. The van der Waals surface area contributed by atoms with E-state index in [0.29, 0.717) is 24.4 Å². The molecule has 1 aliphatic rings. The fraction of sp³-hybridized carbons (Fsp3) is 0.417. The summed E-state index contributed by atoms with van der Waals surface area (Å²) in [5.41, 5.74) is 0. The van der Waals surface area contributed by atoms with Crippen molar-refractivity contribution in [3.05, 3.63) is 29.3 Å². The van der Waals surface area contributed by atoms with Gasteiger partial charge in [-0.2, -0.15) is 0 Å². The van der Waals surface area contributed by atoms with Gasteiger partial charge < -0.3 is 5.32 Å². The maximum atomic E-state index is 12.4. The van der Waals surface area contributed by atoms with E-state index in [1.165, 1.54) is 12.1 Å². The summed E-state index contributed by atoms with van der Waals surface area (Å²) in [6.07, 6.45) is 1.22. The van der Waals surface area contributed by atoms with Crippen molar-refractivity contribution < 1.29 is 13.2 Å². The van der Waals surface area contributed by atoms with Crippen LogP contribution in [0.25, 0.3) is 0 Å². The van der Waals surface area contributed by atoms with E-state index in [2.05, 4.69) is 5.32 Å². The van der Waals surface area contributed by atoms with Crippen molar-refractivity contribution in [2.75, 3.05) is 6.54 Å². The number of benzene rings is 1. The minimum absolute atomic E-state index is 0.0327. The highest BCUT2D eigenvalue weighted by atomic mass is 35.5. The molecule has 1 amide bonds.